The lowest BCUT2D eigenvalue weighted by atomic mass is 10.2. The standard InChI is InChI=1S/C10H18N4S/c1-13(9-3-7-15-8-9)5-6-14-4-2-10(11)12-14/h2,4,9H,3,5-8H2,1H3,(H2,11,12). The molecule has 1 saturated heterocycles. The van der Waals surface area contributed by atoms with Crippen LogP contribution >= 0.6 is 11.8 Å². The Balaban J connectivity index is 1.77. The second-order valence-corrected chi connectivity index (χ2v) is 5.15. The molecule has 0 radical (unpaired) electrons. The number of hydrogen-bond donors (Lipinski definition) is 1. The molecule has 0 spiro atoms. The molecule has 84 valence electrons. The van der Waals surface area contributed by atoms with Gasteiger partial charge in [0.15, 0.2) is 0 Å². The summed E-state index contributed by atoms with van der Waals surface area (Å²) >= 11 is 2.05. The molecule has 4 nitrogen and oxygen atoms in total. The van der Waals surface area contributed by atoms with Gasteiger partial charge in [0.05, 0.1) is 6.54 Å². The first-order valence-corrected chi connectivity index (χ1v) is 6.48. The van der Waals surface area contributed by atoms with Gasteiger partial charge in [-0.25, -0.2) is 0 Å². The Morgan fingerprint density at radius 2 is 2.60 bits per heavy atom. The summed E-state index contributed by atoms with van der Waals surface area (Å²) in [7, 11) is 2.20. The predicted molar refractivity (Wildman–Crippen MR) is 65.0 cm³/mol. The van der Waals surface area contributed by atoms with Crippen LogP contribution < -0.4 is 5.73 Å². The maximum atomic E-state index is 5.56. The van der Waals surface area contributed by atoms with Crippen LogP contribution in [0.2, 0.25) is 0 Å². The summed E-state index contributed by atoms with van der Waals surface area (Å²) < 4.78 is 1.91. The molecule has 1 aliphatic heterocycles. The first kappa shape index (κ1) is 10.8. The Hall–Kier alpha value is -0.680. The largest absolute Gasteiger partial charge is 0.382 e. The zero-order chi connectivity index (χ0) is 10.7. The monoisotopic (exact) mass is 226 g/mol. The molecule has 5 heteroatoms. The van der Waals surface area contributed by atoms with Crippen LogP contribution in [0.1, 0.15) is 6.42 Å². The fourth-order valence-corrected chi connectivity index (χ4v) is 3.11. The summed E-state index contributed by atoms with van der Waals surface area (Å²) in [4.78, 5) is 2.43. The molecular weight excluding hydrogens is 208 g/mol. The fraction of sp³-hybridized carbons (Fsp3) is 0.700. The lowest BCUT2D eigenvalue weighted by Crippen LogP contribution is -2.34. The van der Waals surface area contributed by atoms with Gasteiger partial charge >= 0.3 is 0 Å². The number of nitrogens with two attached hydrogens (primary N) is 1. The summed E-state index contributed by atoms with van der Waals surface area (Å²) in [5, 5.41) is 4.17. The fourth-order valence-electron chi connectivity index (χ4n) is 1.81. The zero-order valence-electron chi connectivity index (χ0n) is 9.09. The highest BCUT2D eigenvalue weighted by atomic mass is 32.2. The zero-order valence-corrected chi connectivity index (χ0v) is 9.91. The number of anilines is 1. The van der Waals surface area contributed by atoms with Crippen molar-refractivity contribution in [2.24, 2.45) is 0 Å². The highest BCUT2D eigenvalue weighted by molar-refractivity contribution is 7.99. The molecule has 0 aromatic carbocycles. The van der Waals surface area contributed by atoms with Gasteiger partial charge in [0.2, 0.25) is 0 Å². The van der Waals surface area contributed by atoms with Gasteiger partial charge in [0, 0.05) is 24.5 Å². The van der Waals surface area contributed by atoms with E-state index in [0.29, 0.717) is 5.82 Å². The lowest BCUT2D eigenvalue weighted by Gasteiger charge is -2.23. The van der Waals surface area contributed by atoms with Gasteiger partial charge in [-0.2, -0.15) is 16.9 Å². The van der Waals surface area contributed by atoms with Crippen molar-refractivity contribution in [1.82, 2.24) is 14.7 Å². The third-order valence-corrected chi connectivity index (χ3v) is 4.02. The molecule has 0 bridgehead atoms. The van der Waals surface area contributed by atoms with Crippen molar-refractivity contribution < 1.29 is 0 Å². The third kappa shape index (κ3) is 2.89. The number of thioether (sulfide) groups is 1. The van der Waals surface area contributed by atoms with Gasteiger partial charge in [0.1, 0.15) is 5.82 Å². The molecule has 0 aliphatic carbocycles. The minimum atomic E-state index is 0.606. The smallest absolute Gasteiger partial charge is 0.145 e. The summed E-state index contributed by atoms with van der Waals surface area (Å²) in [6.07, 6.45) is 3.26. The van der Waals surface area contributed by atoms with E-state index in [4.69, 9.17) is 5.73 Å². The Morgan fingerprint density at radius 3 is 3.20 bits per heavy atom. The maximum absolute atomic E-state index is 5.56. The van der Waals surface area contributed by atoms with E-state index in [-0.39, 0.29) is 0 Å². The van der Waals surface area contributed by atoms with Crippen LogP contribution in [0.3, 0.4) is 0 Å². The van der Waals surface area contributed by atoms with E-state index in [0.717, 1.165) is 19.1 Å². The topological polar surface area (TPSA) is 47.1 Å². The van der Waals surface area contributed by atoms with Crippen molar-refractivity contribution >= 4 is 17.6 Å². The van der Waals surface area contributed by atoms with Crippen molar-refractivity contribution in [1.29, 1.82) is 0 Å². The second kappa shape index (κ2) is 4.90. The number of aromatic nitrogens is 2. The van der Waals surface area contributed by atoms with E-state index >= 15 is 0 Å². The molecule has 15 heavy (non-hydrogen) atoms. The van der Waals surface area contributed by atoms with E-state index in [1.807, 2.05) is 16.9 Å². The van der Waals surface area contributed by atoms with Gasteiger partial charge in [0.25, 0.3) is 0 Å². The van der Waals surface area contributed by atoms with Crippen LogP contribution in [-0.4, -0.2) is 45.8 Å². The molecule has 2 heterocycles. The average Bonchev–Trinajstić information content (AvgIpc) is 2.84. The number of hydrogen-bond acceptors (Lipinski definition) is 4. The van der Waals surface area contributed by atoms with Crippen molar-refractivity contribution in [3.8, 4) is 0 Å². The van der Waals surface area contributed by atoms with Crippen molar-refractivity contribution in [3.63, 3.8) is 0 Å². The van der Waals surface area contributed by atoms with Crippen molar-refractivity contribution in [3.05, 3.63) is 12.3 Å². The molecule has 1 atom stereocenters. The third-order valence-electron chi connectivity index (χ3n) is 2.87. The molecule has 2 rings (SSSR count). The van der Waals surface area contributed by atoms with E-state index in [9.17, 15) is 0 Å². The molecule has 0 saturated carbocycles. The SMILES string of the molecule is CN(CCn1ccc(N)n1)C1CCSC1. The molecule has 1 unspecified atom stereocenters. The quantitative estimate of drug-likeness (QED) is 0.829. The molecule has 1 aromatic rings. The first-order valence-electron chi connectivity index (χ1n) is 5.32. The van der Waals surface area contributed by atoms with Crippen LogP contribution in [0.15, 0.2) is 12.3 Å². The molecule has 2 N–H and O–H groups in total. The lowest BCUT2D eigenvalue weighted by molar-refractivity contribution is 0.248. The molecule has 0 amide bonds. The van der Waals surface area contributed by atoms with E-state index in [2.05, 4.69) is 28.8 Å². The average molecular weight is 226 g/mol. The Morgan fingerprint density at radius 1 is 1.73 bits per heavy atom. The number of nitrogen functional groups attached to an aromatic ring is 1. The minimum Gasteiger partial charge on any atom is -0.382 e. The van der Waals surface area contributed by atoms with Crippen LogP contribution in [0, 0.1) is 0 Å². The van der Waals surface area contributed by atoms with Crippen LogP contribution in [0.25, 0.3) is 0 Å². The van der Waals surface area contributed by atoms with Gasteiger partial charge in [-0.05, 0) is 25.3 Å². The molecule has 1 aromatic heterocycles. The summed E-state index contributed by atoms with van der Waals surface area (Å²) in [6.45, 7) is 1.97. The Labute approximate surface area is 94.8 Å². The summed E-state index contributed by atoms with van der Waals surface area (Å²) in [5.41, 5.74) is 5.56. The van der Waals surface area contributed by atoms with Gasteiger partial charge in [-0.15, -0.1) is 0 Å². The van der Waals surface area contributed by atoms with Crippen molar-refractivity contribution in [2.75, 3.05) is 30.8 Å². The summed E-state index contributed by atoms with van der Waals surface area (Å²) in [5.74, 6) is 3.19. The predicted octanol–water partition coefficient (Wildman–Crippen LogP) is 0.903. The van der Waals surface area contributed by atoms with Gasteiger partial charge in [-0.1, -0.05) is 0 Å². The highest BCUT2D eigenvalue weighted by Gasteiger charge is 2.19. The van der Waals surface area contributed by atoms with Crippen LogP contribution in [-0.2, 0) is 6.54 Å². The van der Waals surface area contributed by atoms with Gasteiger partial charge < -0.3 is 10.6 Å². The number of likely N-dealkylation sites (N-methyl/N-ethyl adjacent to an activating group) is 1. The minimum absolute atomic E-state index is 0.606. The van der Waals surface area contributed by atoms with Crippen LogP contribution in [0.5, 0.6) is 0 Å². The second-order valence-electron chi connectivity index (χ2n) is 4.00. The molecule has 1 aliphatic rings. The summed E-state index contributed by atoms with van der Waals surface area (Å²) in [6, 6.07) is 2.59. The van der Waals surface area contributed by atoms with Gasteiger partial charge in [-0.3, -0.25) is 4.68 Å². The first-order chi connectivity index (χ1) is 7.25. The van der Waals surface area contributed by atoms with Crippen LogP contribution in [0.4, 0.5) is 5.82 Å². The van der Waals surface area contributed by atoms with Crippen molar-refractivity contribution in [2.45, 2.75) is 19.0 Å². The number of rotatable bonds is 4. The molecule has 1 fully saturated rings. The number of nitrogens with zero attached hydrogens (tertiary/aromatic N) is 3. The van der Waals surface area contributed by atoms with E-state index in [1.54, 1.807) is 0 Å². The van der Waals surface area contributed by atoms with E-state index < -0.39 is 0 Å². The molecular formula is C10H18N4S. The normalized spacial score (nSPS) is 21.3. The highest BCUT2D eigenvalue weighted by Crippen LogP contribution is 2.21. The Kier molecular flexibility index (Phi) is 3.53. The Bertz CT molecular complexity index is 306. The van der Waals surface area contributed by atoms with E-state index in [1.165, 1.54) is 17.9 Å². The maximum Gasteiger partial charge on any atom is 0.145 e.